The smallest absolute Gasteiger partial charge is 0.139 e. The lowest BCUT2D eigenvalue weighted by atomic mass is 9.98. The fraction of sp³-hybridized carbons (Fsp3) is 0.250. The molecule has 0 amide bonds. The molecule has 1 aliphatic rings. The molecule has 0 aliphatic carbocycles. The zero-order chi connectivity index (χ0) is 22.0. The van der Waals surface area contributed by atoms with Gasteiger partial charge in [-0.1, -0.05) is 42.1 Å². The highest BCUT2D eigenvalue weighted by Crippen LogP contribution is 2.53. The molecule has 4 nitrogen and oxygen atoms in total. The molecule has 0 saturated heterocycles. The number of aromatic nitrogens is 1. The molecule has 0 spiro atoms. The minimum absolute atomic E-state index is 0.157. The van der Waals surface area contributed by atoms with E-state index >= 15 is 0 Å². The maximum absolute atomic E-state index is 14.7. The van der Waals surface area contributed by atoms with Gasteiger partial charge in [0.25, 0.3) is 0 Å². The molecular formula is C24H24F2N4S. The van der Waals surface area contributed by atoms with Crippen LogP contribution >= 0.6 is 11.8 Å². The summed E-state index contributed by atoms with van der Waals surface area (Å²) in [5.74, 6) is -1.000. The van der Waals surface area contributed by atoms with Crippen molar-refractivity contribution in [3.63, 3.8) is 0 Å². The summed E-state index contributed by atoms with van der Waals surface area (Å²) in [7, 11) is 0. The van der Waals surface area contributed by atoms with Gasteiger partial charge in [0.15, 0.2) is 0 Å². The van der Waals surface area contributed by atoms with Gasteiger partial charge in [0.2, 0.25) is 0 Å². The monoisotopic (exact) mass is 438 g/mol. The molecule has 1 aromatic heterocycles. The summed E-state index contributed by atoms with van der Waals surface area (Å²) < 4.78 is 28.7. The minimum atomic E-state index is -0.647. The van der Waals surface area contributed by atoms with Crippen molar-refractivity contribution >= 4 is 22.5 Å². The maximum Gasteiger partial charge on any atom is 0.139 e. The Morgan fingerprint density at radius 3 is 2.42 bits per heavy atom. The van der Waals surface area contributed by atoms with E-state index in [-0.39, 0.29) is 5.56 Å². The number of rotatable bonds is 6. The highest BCUT2D eigenvalue weighted by Gasteiger charge is 2.47. The van der Waals surface area contributed by atoms with Gasteiger partial charge in [0, 0.05) is 18.0 Å². The summed E-state index contributed by atoms with van der Waals surface area (Å²) in [4.78, 5) is 3.64. The van der Waals surface area contributed by atoms with Crippen LogP contribution in [-0.2, 0) is 4.87 Å². The van der Waals surface area contributed by atoms with Crippen LogP contribution in [0.5, 0.6) is 0 Å². The lowest BCUT2D eigenvalue weighted by Gasteiger charge is -2.38. The van der Waals surface area contributed by atoms with Crippen molar-refractivity contribution in [2.24, 2.45) is 10.8 Å². The van der Waals surface area contributed by atoms with E-state index in [1.807, 2.05) is 49.2 Å². The Labute approximate surface area is 185 Å². The van der Waals surface area contributed by atoms with Crippen LogP contribution < -0.4 is 10.7 Å². The van der Waals surface area contributed by atoms with Gasteiger partial charge < -0.3 is 5.73 Å². The van der Waals surface area contributed by atoms with Crippen LogP contribution in [0.3, 0.4) is 0 Å². The first kappa shape index (κ1) is 21.5. The normalized spacial score (nSPS) is 18.4. The van der Waals surface area contributed by atoms with Crippen molar-refractivity contribution in [3.05, 3.63) is 94.8 Å². The van der Waals surface area contributed by atoms with Crippen molar-refractivity contribution in [2.45, 2.75) is 31.6 Å². The maximum atomic E-state index is 14.7. The van der Waals surface area contributed by atoms with Gasteiger partial charge in [-0.2, -0.15) is 5.10 Å². The first-order chi connectivity index (χ1) is 15.0. The molecule has 0 saturated carbocycles. The van der Waals surface area contributed by atoms with Crippen molar-refractivity contribution in [2.75, 3.05) is 11.6 Å². The van der Waals surface area contributed by atoms with E-state index in [1.54, 1.807) is 12.4 Å². The van der Waals surface area contributed by atoms with Crippen molar-refractivity contribution in [3.8, 4) is 0 Å². The highest BCUT2D eigenvalue weighted by molar-refractivity contribution is 8.15. The zero-order valence-electron chi connectivity index (χ0n) is 17.5. The molecule has 160 valence electrons. The minimum Gasteiger partial charge on any atom is -0.330 e. The van der Waals surface area contributed by atoms with Crippen LogP contribution in [0.4, 0.5) is 14.5 Å². The molecule has 1 aliphatic heterocycles. The van der Waals surface area contributed by atoms with E-state index in [2.05, 4.69) is 4.98 Å². The number of pyridine rings is 1. The highest BCUT2D eigenvalue weighted by atomic mass is 32.2. The van der Waals surface area contributed by atoms with E-state index in [0.717, 1.165) is 40.9 Å². The standard InChI is InChI=1S/C24H24F2N4S/c1-16-14-28-15-17(2)22(16)30-24(11-6-12-27,18-7-4-3-5-8-18)31-23(29-30)20-13-19(25)9-10-21(20)26/h3-5,7-10,13-15H,6,11-12,27H2,1-2H3. The number of nitrogens with two attached hydrogens (primary N) is 1. The van der Waals surface area contributed by atoms with E-state index in [1.165, 1.54) is 17.8 Å². The first-order valence-corrected chi connectivity index (χ1v) is 11.0. The number of hydrazone groups is 1. The molecule has 3 aromatic rings. The number of benzene rings is 2. The molecule has 2 aromatic carbocycles. The molecule has 0 radical (unpaired) electrons. The Hall–Kier alpha value is -2.77. The van der Waals surface area contributed by atoms with Crippen LogP contribution in [0.2, 0.25) is 0 Å². The summed E-state index contributed by atoms with van der Waals surface area (Å²) in [5.41, 5.74) is 9.90. The summed E-state index contributed by atoms with van der Waals surface area (Å²) in [6, 6.07) is 13.5. The third kappa shape index (κ3) is 3.95. The quantitative estimate of drug-likeness (QED) is 0.553. The molecule has 2 N–H and O–H groups in total. The summed E-state index contributed by atoms with van der Waals surface area (Å²) in [6.45, 7) is 4.48. The summed E-state index contributed by atoms with van der Waals surface area (Å²) >= 11 is 1.44. The largest absolute Gasteiger partial charge is 0.330 e. The molecule has 1 atom stereocenters. The third-order valence-corrected chi connectivity index (χ3v) is 6.84. The number of hydrogen-bond donors (Lipinski definition) is 1. The van der Waals surface area contributed by atoms with E-state index in [9.17, 15) is 8.78 Å². The van der Waals surface area contributed by atoms with Gasteiger partial charge >= 0.3 is 0 Å². The van der Waals surface area contributed by atoms with Crippen LogP contribution in [0, 0.1) is 25.5 Å². The van der Waals surface area contributed by atoms with E-state index < -0.39 is 16.5 Å². The fourth-order valence-corrected chi connectivity index (χ4v) is 5.37. The lowest BCUT2D eigenvalue weighted by Crippen LogP contribution is -2.39. The molecule has 0 fully saturated rings. The topological polar surface area (TPSA) is 54.5 Å². The molecule has 4 rings (SSSR count). The second-order valence-corrected chi connectivity index (χ2v) is 8.87. The van der Waals surface area contributed by atoms with Gasteiger partial charge in [-0.05, 0) is 68.1 Å². The Bertz CT molecular complexity index is 1100. The van der Waals surface area contributed by atoms with E-state index in [4.69, 9.17) is 10.8 Å². The van der Waals surface area contributed by atoms with Crippen molar-refractivity contribution in [1.82, 2.24) is 4.98 Å². The average molecular weight is 439 g/mol. The van der Waals surface area contributed by atoms with Crippen LogP contribution in [-0.4, -0.2) is 16.6 Å². The molecule has 0 bridgehead atoms. The Kier molecular flexibility index (Phi) is 6.07. The average Bonchev–Trinajstić information content (AvgIpc) is 3.14. The van der Waals surface area contributed by atoms with Crippen LogP contribution in [0.15, 0.2) is 66.0 Å². The number of hydrogen-bond acceptors (Lipinski definition) is 5. The number of halogens is 2. The zero-order valence-corrected chi connectivity index (χ0v) is 18.3. The molecule has 31 heavy (non-hydrogen) atoms. The number of nitrogens with zero attached hydrogens (tertiary/aromatic N) is 3. The van der Waals surface area contributed by atoms with E-state index in [0.29, 0.717) is 18.0 Å². The Morgan fingerprint density at radius 1 is 1.03 bits per heavy atom. The SMILES string of the molecule is Cc1cncc(C)c1N1N=C(c2cc(F)ccc2F)SC1(CCCN)c1ccccc1. The van der Waals surface area contributed by atoms with Gasteiger partial charge in [-0.15, -0.1) is 0 Å². The fourth-order valence-electron chi connectivity index (χ4n) is 3.95. The Balaban J connectivity index is 1.95. The van der Waals surface area contributed by atoms with Gasteiger partial charge in [0.05, 0.1) is 5.69 Å². The number of aryl methyl sites for hydroxylation is 2. The number of thioether (sulfide) groups is 1. The van der Waals surface area contributed by atoms with Crippen molar-refractivity contribution in [1.29, 1.82) is 0 Å². The predicted octanol–water partition coefficient (Wildman–Crippen LogP) is 5.48. The van der Waals surface area contributed by atoms with Crippen LogP contribution in [0.25, 0.3) is 0 Å². The lowest BCUT2D eigenvalue weighted by molar-refractivity contribution is 0.525. The molecule has 2 heterocycles. The molecular weight excluding hydrogens is 414 g/mol. The van der Waals surface area contributed by atoms with Gasteiger partial charge in [-0.25, -0.2) is 13.8 Å². The molecule has 1 unspecified atom stereocenters. The summed E-state index contributed by atoms with van der Waals surface area (Å²) in [6.07, 6.45) is 5.02. The van der Waals surface area contributed by atoms with Crippen LogP contribution in [0.1, 0.15) is 35.1 Å². The summed E-state index contributed by atoms with van der Waals surface area (Å²) in [5, 5.41) is 7.26. The van der Waals surface area contributed by atoms with Gasteiger partial charge in [-0.3, -0.25) is 4.98 Å². The third-order valence-electron chi connectivity index (χ3n) is 5.40. The van der Waals surface area contributed by atoms with Gasteiger partial charge in [0.1, 0.15) is 21.5 Å². The molecule has 7 heteroatoms. The second-order valence-electron chi connectivity index (χ2n) is 7.61. The first-order valence-electron chi connectivity index (χ1n) is 10.2. The Morgan fingerprint density at radius 2 is 1.74 bits per heavy atom. The predicted molar refractivity (Wildman–Crippen MR) is 123 cm³/mol. The van der Waals surface area contributed by atoms with Crippen molar-refractivity contribution < 1.29 is 8.78 Å². The number of anilines is 1. The second kappa shape index (κ2) is 8.77.